The third-order valence-electron chi connectivity index (χ3n) is 3.97. The van der Waals surface area contributed by atoms with Crippen LogP contribution in [0.1, 0.15) is 43.2 Å². The van der Waals surface area contributed by atoms with Gasteiger partial charge in [0.25, 0.3) is 0 Å². The lowest BCUT2D eigenvalue weighted by Crippen LogP contribution is -2.37. The molecule has 0 spiro atoms. The standard InChI is InChI=1S/C14H20FN/c1-11-5-6-12(15)9-13(11)14(10-16)7-3-2-4-8-14/h5-6,9H,2-4,7-8,10,16H2,1H3. The Labute approximate surface area is 96.9 Å². The number of nitrogens with two attached hydrogens (primary N) is 1. The van der Waals surface area contributed by atoms with E-state index in [9.17, 15) is 4.39 Å². The molecule has 0 unspecified atom stereocenters. The molecule has 0 aromatic heterocycles. The minimum Gasteiger partial charge on any atom is -0.330 e. The molecule has 0 heterocycles. The van der Waals surface area contributed by atoms with Crippen molar-refractivity contribution in [2.75, 3.05) is 6.54 Å². The summed E-state index contributed by atoms with van der Waals surface area (Å²) < 4.78 is 13.4. The van der Waals surface area contributed by atoms with Crippen LogP contribution in [0.4, 0.5) is 4.39 Å². The molecule has 0 aliphatic heterocycles. The molecule has 0 bridgehead atoms. The quantitative estimate of drug-likeness (QED) is 0.814. The van der Waals surface area contributed by atoms with Crippen molar-refractivity contribution >= 4 is 0 Å². The molecule has 16 heavy (non-hydrogen) atoms. The number of hydrogen-bond acceptors (Lipinski definition) is 1. The van der Waals surface area contributed by atoms with Crippen LogP contribution in [0.3, 0.4) is 0 Å². The minimum atomic E-state index is -0.140. The first kappa shape index (κ1) is 11.6. The van der Waals surface area contributed by atoms with Gasteiger partial charge in [-0.1, -0.05) is 25.3 Å². The Morgan fingerprint density at radius 2 is 1.94 bits per heavy atom. The van der Waals surface area contributed by atoms with Gasteiger partial charge >= 0.3 is 0 Å². The predicted octanol–water partition coefficient (Wildman–Crippen LogP) is 3.29. The zero-order chi connectivity index (χ0) is 11.6. The third kappa shape index (κ3) is 1.99. The highest BCUT2D eigenvalue weighted by Gasteiger charge is 2.33. The first-order valence-corrected chi connectivity index (χ1v) is 6.15. The lowest BCUT2D eigenvalue weighted by molar-refractivity contribution is 0.298. The summed E-state index contributed by atoms with van der Waals surface area (Å²) in [6, 6.07) is 5.09. The molecule has 88 valence electrons. The molecule has 0 atom stereocenters. The van der Waals surface area contributed by atoms with Crippen LogP contribution in [0.25, 0.3) is 0 Å². The van der Waals surface area contributed by atoms with Crippen LogP contribution >= 0.6 is 0 Å². The summed E-state index contributed by atoms with van der Waals surface area (Å²) >= 11 is 0. The number of halogens is 1. The molecule has 0 radical (unpaired) electrons. The summed E-state index contributed by atoms with van der Waals surface area (Å²) in [6.07, 6.45) is 5.93. The van der Waals surface area contributed by atoms with Crippen LogP contribution in [0.15, 0.2) is 18.2 Å². The van der Waals surface area contributed by atoms with Crippen LogP contribution in [0, 0.1) is 12.7 Å². The molecule has 0 amide bonds. The molecule has 1 aliphatic carbocycles. The van der Waals surface area contributed by atoms with Crippen LogP contribution in [-0.4, -0.2) is 6.54 Å². The monoisotopic (exact) mass is 221 g/mol. The third-order valence-corrected chi connectivity index (χ3v) is 3.97. The molecule has 1 nitrogen and oxygen atoms in total. The van der Waals surface area contributed by atoms with Crippen molar-refractivity contribution in [1.82, 2.24) is 0 Å². The van der Waals surface area contributed by atoms with E-state index in [0.29, 0.717) is 6.54 Å². The van der Waals surface area contributed by atoms with Gasteiger partial charge in [0, 0.05) is 12.0 Å². The average Bonchev–Trinajstić information content (AvgIpc) is 2.33. The average molecular weight is 221 g/mol. The Kier molecular flexibility index (Phi) is 3.29. The number of aryl methyl sites for hydroxylation is 1. The Morgan fingerprint density at radius 3 is 2.56 bits per heavy atom. The van der Waals surface area contributed by atoms with Gasteiger partial charge in [0.05, 0.1) is 0 Å². The predicted molar refractivity (Wildman–Crippen MR) is 65.0 cm³/mol. The second-order valence-electron chi connectivity index (χ2n) is 5.00. The second-order valence-corrected chi connectivity index (χ2v) is 5.00. The van der Waals surface area contributed by atoms with Crippen molar-refractivity contribution in [3.8, 4) is 0 Å². The first-order chi connectivity index (χ1) is 7.68. The summed E-state index contributed by atoms with van der Waals surface area (Å²) in [5.74, 6) is -0.140. The molecular weight excluding hydrogens is 201 g/mol. The zero-order valence-corrected chi connectivity index (χ0v) is 9.93. The highest BCUT2D eigenvalue weighted by molar-refractivity contribution is 5.35. The van der Waals surface area contributed by atoms with Crippen molar-refractivity contribution in [1.29, 1.82) is 0 Å². The maximum Gasteiger partial charge on any atom is 0.123 e. The Balaban J connectivity index is 2.42. The SMILES string of the molecule is Cc1ccc(F)cc1C1(CN)CCCCC1. The minimum absolute atomic E-state index is 0.0322. The van der Waals surface area contributed by atoms with Crippen molar-refractivity contribution < 1.29 is 4.39 Å². The van der Waals surface area contributed by atoms with E-state index in [1.54, 1.807) is 6.07 Å². The van der Waals surface area contributed by atoms with Gasteiger partial charge in [0.15, 0.2) is 0 Å². The molecule has 0 saturated heterocycles. The van der Waals surface area contributed by atoms with E-state index < -0.39 is 0 Å². The Bertz CT molecular complexity index is 367. The summed E-state index contributed by atoms with van der Waals surface area (Å²) in [5, 5.41) is 0. The van der Waals surface area contributed by atoms with E-state index in [2.05, 4.69) is 6.92 Å². The molecule has 1 aliphatic rings. The Morgan fingerprint density at radius 1 is 1.25 bits per heavy atom. The first-order valence-electron chi connectivity index (χ1n) is 6.15. The van der Waals surface area contributed by atoms with Crippen LogP contribution in [0.5, 0.6) is 0 Å². The highest BCUT2D eigenvalue weighted by Crippen LogP contribution is 2.40. The van der Waals surface area contributed by atoms with Crippen molar-refractivity contribution in [3.05, 3.63) is 35.1 Å². The van der Waals surface area contributed by atoms with Gasteiger partial charge in [-0.2, -0.15) is 0 Å². The molecule has 1 fully saturated rings. The number of hydrogen-bond donors (Lipinski definition) is 1. The number of benzene rings is 1. The van der Waals surface area contributed by atoms with Gasteiger partial charge in [-0.15, -0.1) is 0 Å². The van der Waals surface area contributed by atoms with Crippen LogP contribution < -0.4 is 5.73 Å². The van der Waals surface area contributed by atoms with E-state index in [1.807, 2.05) is 6.07 Å². The molecule has 1 aromatic carbocycles. The summed E-state index contributed by atoms with van der Waals surface area (Å²) in [4.78, 5) is 0. The fourth-order valence-electron chi connectivity index (χ4n) is 2.98. The second kappa shape index (κ2) is 4.54. The smallest absolute Gasteiger partial charge is 0.123 e. The summed E-state index contributed by atoms with van der Waals surface area (Å²) in [5.41, 5.74) is 8.31. The maximum absolute atomic E-state index is 13.4. The number of rotatable bonds is 2. The van der Waals surface area contributed by atoms with Gasteiger partial charge in [-0.25, -0.2) is 4.39 Å². The van der Waals surface area contributed by atoms with E-state index in [1.165, 1.54) is 30.9 Å². The molecule has 1 aromatic rings. The largest absolute Gasteiger partial charge is 0.330 e. The molecule has 2 N–H and O–H groups in total. The topological polar surface area (TPSA) is 26.0 Å². The van der Waals surface area contributed by atoms with Gasteiger partial charge in [0.2, 0.25) is 0 Å². The lowest BCUT2D eigenvalue weighted by Gasteiger charge is -2.38. The van der Waals surface area contributed by atoms with Crippen molar-refractivity contribution in [3.63, 3.8) is 0 Å². The van der Waals surface area contributed by atoms with Crippen LogP contribution in [0.2, 0.25) is 0 Å². The van der Waals surface area contributed by atoms with Crippen molar-refractivity contribution in [2.24, 2.45) is 5.73 Å². The lowest BCUT2D eigenvalue weighted by atomic mass is 9.68. The Hall–Kier alpha value is -0.890. The summed E-state index contributed by atoms with van der Waals surface area (Å²) in [7, 11) is 0. The van der Waals surface area contributed by atoms with Crippen LogP contribution in [-0.2, 0) is 5.41 Å². The van der Waals surface area contributed by atoms with Gasteiger partial charge in [-0.05, 0) is 43.0 Å². The summed E-state index contributed by atoms with van der Waals surface area (Å²) in [6.45, 7) is 2.69. The maximum atomic E-state index is 13.4. The molecule has 1 saturated carbocycles. The highest BCUT2D eigenvalue weighted by atomic mass is 19.1. The molecular formula is C14H20FN. The van der Waals surface area contributed by atoms with E-state index in [0.717, 1.165) is 18.4 Å². The molecule has 2 rings (SSSR count). The fraction of sp³-hybridized carbons (Fsp3) is 0.571. The fourth-order valence-corrected chi connectivity index (χ4v) is 2.98. The van der Waals surface area contributed by atoms with Gasteiger partial charge < -0.3 is 5.73 Å². The zero-order valence-electron chi connectivity index (χ0n) is 9.93. The van der Waals surface area contributed by atoms with Gasteiger partial charge in [0.1, 0.15) is 5.82 Å². The van der Waals surface area contributed by atoms with E-state index in [4.69, 9.17) is 5.73 Å². The normalized spacial score (nSPS) is 19.7. The van der Waals surface area contributed by atoms with E-state index >= 15 is 0 Å². The molecule has 2 heteroatoms. The van der Waals surface area contributed by atoms with Crippen molar-refractivity contribution in [2.45, 2.75) is 44.4 Å². The van der Waals surface area contributed by atoms with E-state index in [-0.39, 0.29) is 11.2 Å². The van der Waals surface area contributed by atoms with Gasteiger partial charge in [-0.3, -0.25) is 0 Å².